The summed E-state index contributed by atoms with van der Waals surface area (Å²) in [6, 6.07) is 12.5. The van der Waals surface area contributed by atoms with Crippen molar-refractivity contribution in [1.29, 1.82) is 0 Å². The number of hydrogen-bond donors (Lipinski definition) is 2. The molecule has 0 radical (unpaired) electrons. The summed E-state index contributed by atoms with van der Waals surface area (Å²) in [5.74, 6) is 7.76. The highest BCUT2D eigenvalue weighted by Gasteiger charge is 2.15. The average Bonchev–Trinajstić information content (AvgIpc) is 3.07. The van der Waals surface area contributed by atoms with E-state index in [-0.39, 0.29) is 17.8 Å². The Kier molecular flexibility index (Phi) is 7.07. The predicted octanol–water partition coefficient (Wildman–Crippen LogP) is 3.84. The number of amides is 1. The second kappa shape index (κ2) is 9.73. The Morgan fingerprint density at radius 1 is 1.27 bits per heavy atom. The van der Waals surface area contributed by atoms with E-state index in [9.17, 15) is 4.79 Å². The number of carbonyl (C=O) groups excluding carboxylic acids is 1. The molecule has 3 aromatic rings. The standard InChI is InChI=1S/C20H22ClN5O3S/c1-12(2)29-15-6-4-5-13(9-15)19-24-25-20(26(19)22)30-11-18(27)23-14-7-8-17(28-3)16(21)10-14/h4-10,12H,11,22H2,1-3H3,(H,23,27). The van der Waals surface area contributed by atoms with Crippen LogP contribution in [0.5, 0.6) is 11.5 Å². The maximum Gasteiger partial charge on any atom is 0.234 e. The normalized spacial score (nSPS) is 10.8. The number of carbonyl (C=O) groups is 1. The lowest BCUT2D eigenvalue weighted by atomic mass is 10.2. The summed E-state index contributed by atoms with van der Waals surface area (Å²) in [5, 5.41) is 11.8. The molecule has 158 valence electrons. The Bertz CT molecular complexity index is 1040. The largest absolute Gasteiger partial charge is 0.495 e. The third-order valence-corrected chi connectivity index (χ3v) is 5.13. The topological polar surface area (TPSA) is 104 Å². The minimum atomic E-state index is -0.224. The molecule has 1 heterocycles. The molecule has 3 rings (SSSR count). The van der Waals surface area contributed by atoms with Gasteiger partial charge in [-0.25, -0.2) is 4.68 Å². The molecule has 0 unspecified atom stereocenters. The monoisotopic (exact) mass is 447 g/mol. The van der Waals surface area contributed by atoms with Crippen molar-refractivity contribution in [1.82, 2.24) is 14.9 Å². The molecule has 0 aliphatic rings. The molecule has 0 fully saturated rings. The van der Waals surface area contributed by atoms with Gasteiger partial charge in [-0.1, -0.05) is 35.5 Å². The van der Waals surface area contributed by atoms with Gasteiger partial charge in [-0.15, -0.1) is 10.2 Å². The molecule has 2 aromatic carbocycles. The number of nitrogens with one attached hydrogen (secondary N) is 1. The number of hydrogen-bond acceptors (Lipinski definition) is 7. The van der Waals surface area contributed by atoms with Gasteiger partial charge in [0, 0.05) is 11.3 Å². The maximum atomic E-state index is 12.3. The van der Waals surface area contributed by atoms with Crippen molar-refractivity contribution in [3.63, 3.8) is 0 Å². The average molecular weight is 448 g/mol. The minimum Gasteiger partial charge on any atom is -0.495 e. The second-order valence-corrected chi connectivity index (χ2v) is 7.91. The number of nitrogen functional groups attached to an aromatic ring is 1. The molecule has 30 heavy (non-hydrogen) atoms. The van der Waals surface area contributed by atoms with Gasteiger partial charge in [0.2, 0.25) is 11.1 Å². The number of aromatic nitrogens is 3. The number of ether oxygens (including phenoxy) is 2. The number of thioether (sulfide) groups is 1. The summed E-state index contributed by atoms with van der Waals surface area (Å²) in [4.78, 5) is 12.3. The van der Waals surface area contributed by atoms with Gasteiger partial charge < -0.3 is 20.6 Å². The zero-order valence-electron chi connectivity index (χ0n) is 16.8. The molecule has 0 atom stereocenters. The van der Waals surface area contributed by atoms with Crippen molar-refractivity contribution < 1.29 is 14.3 Å². The van der Waals surface area contributed by atoms with Crippen LogP contribution in [-0.4, -0.2) is 39.7 Å². The van der Waals surface area contributed by atoms with Crippen LogP contribution in [0.3, 0.4) is 0 Å². The third-order valence-electron chi connectivity index (χ3n) is 3.90. The number of rotatable bonds is 8. The van der Waals surface area contributed by atoms with Gasteiger partial charge in [-0.05, 0) is 44.2 Å². The van der Waals surface area contributed by atoms with E-state index in [4.69, 9.17) is 26.9 Å². The molecule has 3 N–H and O–H groups in total. The molecule has 0 saturated heterocycles. The lowest BCUT2D eigenvalue weighted by Crippen LogP contribution is -2.16. The summed E-state index contributed by atoms with van der Waals surface area (Å²) in [6.07, 6.45) is 0.0567. The molecule has 8 nitrogen and oxygen atoms in total. The van der Waals surface area contributed by atoms with Gasteiger partial charge in [0.05, 0.1) is 24.0 Å². The van der Waals surface area contributed by atoms with Gasteiger partial charge in [0.15, 0.2) is 5.82 Å². The summed E-state index contributed by atoms with van der Waals surface area (Å²) in [5.41, 5.74) is 1.34. The van der Waals surface area contributed by atoms with Crippen molar-refractivity contribution in [3.8, 4) is 22.9 Å². The van der Waals surface area contributed by atoms with E-state index in [0.29, 0.717) is 27.4 Å². The highest BCUT2D eigenvalue weighted by molar-refractivity contribution is 7.99. The maximum absolute atomic E-state index is 12.3. The number of nitrogens with two attached hydrogens (primary N) is 1. The zero-order valence-corrected chi connectivity index (χ0v) is 18.3. The molecule has 0 saturated carbocycles. The van der Waals surface area contributed by atoms with E-state index in [2.05, 4.69) is 15.5 Å². The summed E-state index contributed by atoms with van der Waals surface area (Å²) in [7, 11) is 1.53. The first-order chi connectivity index (χ1) is 14.4. The van der Waals surface area contributed by atoms with Crippen LogP contribution in [-0.2, 0) is 4.79 Å². The highest BCUT2D eigenvalue weighted by atomic mass is 35.5. The molecule has 10 heteroatoms. The van der Waals surface area contributed by atoms with Crippen molar-refractivity contribution in [2.24, 2.45) is 0 Å². The lowest BCUT2D eigenvalue weighted by molar-refractivity contribution is -0.113. The fraction of sp³-hybridized carbons (Fsp3) is 0.250. The highest BCUT2D eigenvalue weighted by Crippen LogP contribution is 2.28. The summed E-state index contributed by atoms with van der Waals surface area (Å²) in [6.45, 7) is 3.91. The lowest BCUT2D eigenvalue weighted by Gasteiger charge is -2.10. The van der Waals surface area contributed by atoms with Crippen molar-refractivity contribution >= 4 is 35.0 Å². The van der Waals surface area contributed by atoms with E-state index in [0.717, 1.165) is 11.3 Å². The van der Waals surface area contributed by atoms with Gasteiger partial charge >= 0.3 is 0 Å². The first-order valence-corrected chi connectivity index (χ1v) is 10.5. The first kappa shape index (κ1) is 21.8. The van der Waals surface area contributed by atoms with Crippen LogP contribution in [0.1, 0.15) is 13.8 Å². The number of benzene rings is 2. The van der Waals surface area contributed by atoms with Crippen LogP contribution >= 0.6 is 23.4 Å². The first-order valence-electron chi connectivity index (χ1n) is 9.11. The Morgan fingerprint density at radius 2 is 2.07 bits per heavy atom. The van der Waals surface area contributed by atoms with Crippen molar-refractivity contribution in [2.45, 2.75) is 25.1 Å². The van der Waals surface area contributed by atoms with E-state index >= 15 is 0 Å². The van der Waals surface area contributed by atoms with Crippen LogP contribution in [0.25, 0.3) is 11.4 Å². The molecule has 1 aromatic heterocycles. The molecule has 1 amide bonds. The fourth-order valence-electron chi connectivity index (χ4n) is 2.62. The summed E-state index contributed by atoms with van der Waals surface area (Å²) < 4.78 is 12.2. The fourth-order valence-corrected chi connectivity index (χ4v) is 3.54. The van der Waals surface area contributed by atoms with E-state index in [1.54, 1.807) is 18.2 Å². The Morgan fingerprint density at radius 3 is 2.77 bits per heavy atom. The third kappa shape index (κ3) is 5.37. The Balaban J connectivity index is 1.64. The van der Waals surface area contributed by atoms with Crippen LogP contribution in [0.4, 0.5) is 5.69 Å². The molecule has 0 aliphatic heterocycles. The quantitative estimate of drug-likeness (QED) is 0.399. The van der Waals surface area contributed by atoms with E-state index in [1.807, 2.05) is 38.1 Å². The summed E-state index contributed by atoms with van der Waals surface area (Å²) >= 11 is 7.26. The van der Waals surface area contributed by atoms with E-state index < -0.39 is 0 Å². The molecule has 0 spiro atoms. The Hall–Kier alpha value is -2.91. The SMILES string of the molecule is COc1ccc(NC(=O)CSc2nnc(-c3cccc(OC(C)C)c3)n2N)cc1Cl. The Labute approximate surface area is 183 Å². The number of methoxy groups -OCH3 is 1. The van der Waals surface area contributed by atoms with Gasteiger partial charge in [0.25, 0.3) is 0 Å². The van der Waals surface area contributed by atoms with Crippen LogP contribution in [0, 0.1) is 0 Å². The second-order valence-electron chi connectivity index (χ2n) is 6.56. The molecule has 0 bridgehead atoms. The molecule has 0 aliphatic carbocycles. The van der Waals surface area contributed by atoms with Crippen LogP contribution < -0.4 is 20.6 Å². The van der Waals surface area contributed by atoms with Gasteiger partial charge in [-0.3, -0.25) is 4.79 Å². The van der Waals surface area contributed by atoms with Crippen LogP contribution in [0.15, 0.2) is 47.6 Å². The van der Waals surface area contributed by atoms with Gasteiger partial charge in [0.1, 0.15) is 11.5 Å². The minimum absolute atomic E-state index is 0.0567. The van der Waals surface area contributed by atoms with Crippen molar-refractivity contribution in [2.75, 3.05) is 24.0 Å². The number of nitrogens with zero attached hydrogens (tertiary/aromatic N) is 3. The van der Waals surface area contributed by atoms with E-state index in [1.165, 1.54) is 23.5 Å². The zero-order chi connectivity index (χ0) is 21.7. The number of halogens is 1. The van der Waals surface area contributed by atoms with Crippen molar-refractivity contribution in [3.05, 3.63) is 47.5 Å². The molecular formula is C20H22ClN5O3S. The van der Waals surface area contributed by atoms with Gasteiger partial charge in [-0.2, -0.15) is 0 Å². The predicted molar refractivity (Wildman–Crippen MR) is 119 cm³/mol. The van der Waals surface area contributed by atoms with Crippen LogP contribution in [0.2, 0.25) is 5.02 Å². The molecular weight excluding hydrogens is 426 g/mol. The smallest absolute Gasteiger partial charge is 0.234 e. The number of anilines is 1.